The fraction of sp³-hybridized carbons (Fsp3) is 0.688. The van der Waals surface area contributed by atoms with Crippen molar-refractivity contribution in [1.29, 1.82) is 0 Å². The second-order valence-electron chi connectivity index (χ2n) is 3.87. The number of aliphatic imine (C=N–C) groups is 1. The van der Waals surface area contributed by atoms with Crippen LogP contribution in [-0.2, 0) is 0 Å². The van der Waals surface area contributed by atoms with Crippen molar-refractivity contribution in [3.8, 4) is 0 Å². The normalized spacial score (nSPS) is 17.0. The molecule has 0 amide bonds. The Morgan fingerprint density at radius 3 is 2.06 bits per heavy atom. The Hall–Kier alpha value is -0.890. The van der Waals surface area contributed by atoms with Crippen molar-refractivity contribution in [2.45, 2.75) is 54.4 Å². The highest BCUT2D eigenvalue weighted by molar-refractivity contribution is 5.85. The molecule has 1 rings (SSSR count). The van der Waals surface area contributed by atoms with Crippen molar-refractivity contribution < 1.29 is 0 Å². The van der Waals surface area contributed by atoms with E-state index < -0.39 is 0 Å². The lowest BCUT2D eigenvalue weighted by Crippen LogP contribution is -2.30. The fourth-order valence-corrected chi connectivity index (χ4v) is 1.60. The zero-order valence-electron chi connectivity index (χ0n) is 13.2. The third-order valence-corrected chi connectivity index (χ3v) is 2.72. The summed E-state index contributed by atoms with van der Waals surface area (Å²) in [6, 6.07) is 0. The van der Waals surface area contributed by atoms with Gasteiger partial charge in [-0.25, -0.2) is 0 Å². The van der Waals surface area contributed by atoms with Crippen molar-refractivity contribution in [3.05, 3.63) is 24.4 Å². The molecule has 0 aliphatic carbocycles. The second-order valence-corrected chi connectivity index (χ2v) is 3.87. The molecule has 1 aliphatic heterocycles. The van der Waals surface area contributed by atoms with Gasteiger partial charge in [-0.1, -0.05) is 40.3 Å². The van der Waals surface area contributed by atoms with Gasteiger partial charge >= 0.3 is 0 Å². The molecule has 1 N–H and O–H groups in total. The first-order valence-corrected chi connectivity index (χ1v) is 7.28. The zero-order valence-corrected chi connectivity index (χ0v) is 13.2. The van der Waals surface area contributed by atoms with Crippen LogP contribution in [0.5, 0.6) is 0 Å². The van der Waals surface area contributed by atoms with E-state index in [-0.39, 0.29) is 0 Å². The molecule has 0 aromatic rings. The van der Waals surface area contributed by atoms with E-state index in [2.05, 4.69) is 23.8 Å². The summed E-state index contributed by atoms with van der Waals surface area (Å²) in [5.74, 6) is 0.671. The van der Waals surface area contributed by atoms with E-state index in [1.54, 1.807) is 0 Å². The Bertz CT molecular complexity index is 246. The average molecular weight is 252 g/mol. The molecule has 1 saturated heterocycles. The SMILES string of the molecule is C=C/C(C)=C\N=C(C)C1CCNCC1.CC.CC. The summed E-state index contributed by atoms with van der Waals surface area (Å²) in [7, 11) is 0. The maximum Gasteiger partial charge on any atom is 0.0296 e. The minimum absolute atomic E-state index is 0.671. The molecule has 0 spiro atoms. The van der Waals surface area contributed by atoms with Crippen LogP contribution in [0, 0.1) is 5.92 Å². The van der Waals surface area contributed by atoms with Crippen molar-refractivity contribution >= 4 is 5.71 Å². The summed E-state index contributed by atoms with van der Waals surface area (Å²) in [6.07, 6.45) is 6.18. The molecule has 18 heavy (non-hydrogen) atoms. The van der Waals surface area contributed by atoms with Crippen LogP contribution in [0.2, 0.25) is 0 Å². The summed E-state index contributed by atoms with van der Waals surface area (Å²) in [5, 5.41) is 3.36. The second kappa shape index (κ2) is 14.2. The first kappa shape index (κ1) is 19.4. The summed E-state index contributed by atoms with van der Waals surface area (Å²) in [5.41, 5.74) is 2.38. The average Bonchev–Trinajstić information content (AvgIpc) is 2.49. The van der Waals surface area contributed by atoms with Gasteiger partial charge in [0.1, 0.15) is 0 Å². The van der Waals surface area contributed by atoms with Gasteiger partial charge in [0.2, 0.25) is 0 Å². The van der Waals surface area contributed by atoms with E-state index in [9.17, 15) is 0 Å². The molecule has 0 unspecified atom stereocenters. The molecule has 0 saturated carbocycles. The molecule has 106 valence electrons. The molecule has 2 heteroatoms. The lowest BCUT2D eigenvalue weighted by Gasteiger charge is -2.22. The van der Waals surface area contributed by atoms with Gasteiger partial charge in [0, 0.05) is 11.9 Å². The van der Waals surface area contributed by atoms with Crippen LogP contribution in [0.1, 0.15) is 54.4 Å². The van der Waals surface area contributed by atoms with Crippen LogP contribution in [0.25, 0.3) is 0 Å². The molecule has 2 nitrogen and oxygen atoms in total. The molecular weight excluding hydrogens is 220 g/mol. The number of allylic oxidation sites excluding steroid dienone is 2. The standard InChI is InChI=1S/C12H20N2.2C2H6/c1-4-10(2)9-14-11(3)12-5-7-13-8-6-12;2*1-2/h4,9,12-13H,1,5-8H2,2-3H3;2*1-2H3/b10-9-,14-11?;;. The first-order valence-electron chi connectivity index (χ1n) is 7.28. The predicted molar refractivity (Wildman–Crippen MR) is 85.4 cm³/mol. The van der Waals surface area contributed by atoms with E-state index in [1.165, 1.54) is 18.6 Å². The minimum atomic E-state index is 0.671. The van der Waals surface area contributed by atoms with E-state index in [0.29, 0.717) is 5.92 Å². The van der Waals surface area contributed by atoms with Gasteiger partial charge in [-0.2, -0.15) is 0 Å². The molecule has 1 fully saturated rings. The van der Waals surface area contributed by atoms with E-state index in [4.69, 9.17) is 0 Å². The smallest absolute Gasteiger partial charge is 0.0296 e. The van der Waals surface area contributed by atoms with Crippen molar-refractivity contribution in [2.24, 2.45) is 10.9 Å². The molecule has 1 aliphatic rings. The molecule has 0 aromatic heterocycles. The molecule has 0 radical (unpaired) electrons. The highest BCUT2D eigenvalue weighted by atomic mass is 14.9. The van der Waals surface area contributed by atoms with Crippen LogP contribution in [0.3, 0.4) is 0 Å². The van der Waals surface area contributed by atoms with Gasteiger partial charge in [-0.05, 0) is 51.3 Å². The molecule has 1 heterocycles. The van der Waals surface area contributed by atoms with Crippen molar-refractivity contribution in [3.63, 3.8) is 0 Å². The van der Waals surface area contributed by atoms with Crippen molar-refractivity contribution in [1.82, 2.24) is 5.32 Å². The molecular formula is C16H32N2. The van der Waals surface area contributed by atoms with Gasteiger partial charge in [0.15, 0.2) is 0 Å². The lowest BCUT2D eigenvalue weighted by molar-refractivity contribution is 0.455. The number of rotatable bonds is 3. The number of hydrogen-bond acceptors (Lipinski definition) is 2. The summed E-state index contributed by atoms with van der Waals surface area (Å²) < 4.78 is 0. The number of nitrogens with one attached hydrogen (secondary N) is 1. The maximum atomic E-state index is 4.47. The quantitative estimate of drug-likeness (QED) is 0.576. The van der Waals surface area contributed by atoms with Crippen molar-refractivity contribution in [2.75, 3.05) is 13.1 Å². The zero-order chi connectivity index (χ0) is 14.4. The minimum Gasteiger partial charge on any atom is -0.317 e. The van der Waals surface area contributed by atoms with Gasteiger partial charge in [-0.15, -0.1) is 0 Å². The number of piperidine rings is 1. The maximum absolute atomic E-state index is 4.47. The van der Waals surface area contributed by atoms with Crippen LogP contribution in [0.4, 0.5) is 0 Å². The molecule has 0 aromatic carbocycles. The Morgan fingerprint density at radius 1 is 1.11 bits per heavy atom. The highest BCUT2D eigenvalue weighted by Gasteiger charge is 2.14. The lowest BCUT2D eigenvalue weighted by atomic mass is 9.94. The Kier molecular flexibility index (Phi) is 15.3. The summed E-state index contributed by atoms with van der Waals surface area (Å²) in [4.78, 5) is 4.47. The summed E-state index contributed by atoms with van der Waals surface area (Å²) >= 11 is 0. The van der Waals surface area contributed by atoms with Gasteiger partial charge in [-0.3, -0.25) is 4.99 Å². The Balaban J connectivity index is 0. The van der Waals surface area contributed by atoms with Crippen LogP contribution >= 0.6 is 0 Å². The van der Waals surface area contributed by atoms with Gasteiger partial charge < -0.3 is 5.32 Å². The Labute approximate surface area is 114 Å². The monoisotopic (exact) mass is 252 g/mol. The third kappa shape index (κ3) is 9.17. The van der Waals surface area contributed by atoms with Crippen LogP contribution < -0.4 is 5.32 Å². The molecule has 0 bridgehead atoms. The topological polar surface area (TPSA) is 24.4 Å². The van der Waals surface area contributed by atoms with E-state index >= 15 is 0 Å². The summed E-state index contributed by atoms with van der Waals surface area (Å²) in [6.45, 7) is 18.1. The number of hydrogen-bond donors (Lipinski definition) is 1. The first-order chi connectivity index (χ1) is 8.74. The largest absolute Gasteiger partial charge is 0.317 e. The van der Waals surface area contributed by atoms with Gasteiger partial charge in [0.05, 0.1) is 0 Å². The van der Waals surface area contributed by atoms with E-state index in [0.717, 1.165) is 18.7 Å². The van der Waals surface area contributed by atoms with E-state index in [1.807, 2.05) is 46.9 Å². The predicted octanol–water partition coefficient (Wildman–Crippen LogP) is 4.59. The Morgan fingerprint density at radius 2 is 1.61 bits per heavy atom. The van der Waals surface area contributed by atoms with Gasteiger partial charge in [0.25, 0.3) is 0 Å². The van der Waals surface area contributed by atoms with Crippen LogP contribution in [-0.4, -0.2) is 18.8 Å². The number of nitrogens with zero attached hydrogens (tertiary/aromatic N) is 1. The fourth-order valence-electron chi connectivity index (χ4n) is 1.60. The third-order valence-electron chi connectivity index (χ3n) is 2.72. The van der Waals surface area contributed by atoms with Crippen LogP contribution in [0.15, 0.2) is 29.4 Å². The highest BCUT2D eigenvalue weighted by Crippen LogP contribution is 2.14. The molecule has 0 atom stereocenters.